The highest BCUT2D eigenvalue weighted by Crippen LogP contribution is 2.46. The molecule has 1 unspecified atom stereocenters. The molecule has 0 aromatic carbocycles. The lowest BCUT2D eigenvalue weighted by Gasteiger charge is -2.18. The molecule has 126 valence electrons. The smallest absolute Gasteiger partial charge is 0.0224 e. The number of nitrogens with zero attached hydrogens (tertiary/aromatic N) is 1. The van der Waals surface area contributed by atoms with Crippen molar-refractivity contribution in [2.75, 3.05) is 7.05 Å². The molecule has 0 radical (unpaired) electrons. The van der Waals surface area contributed by atoms with Crippen LogP contribution in [0, 0.1) is 11.8 Å². The van der Waals surface area contributed by atoms with Gasteiger partial charge >= 0.3 is 0 Å². The van der Waals surface area contributed by atoms with Gasteiger partial charge in [0.05, 0.1) is 0 Å². The second kappa shape index (κ2) is 9.22. The molecule has 22 heavy (non-hydrogen) atoms. The van der Waals surface area contributed by atoms with Crippen LogP contribution in [-0.2, 0) is 0 Å². The first kappa shape index (κ1) is 19.1. The summed E-state index contributed by atoms with van der Waals surface area (Å²) < 4.78 is 0. The van der Waals surface area contributed by atoms with E-state index < -0.39 is 0 Å². The highest BCUT2D eigenvalue weighted by molar-refractivity contribution is 5.43. The summed E-state index contributed by atoms with van der Waals surface area (Å²) in [7, 11) is 2.15. The predicted molar refractivity (Wildman–Crippen MR) is 99.9 cm³/mol. The van der Waals surface area contributed by atoms with Gasteiger partial charge in [-0.25, -0.2) is 0 Å². The molecule has 0 aliphatic heterocycles. The number of hydrogen-bond acceptors (Lipinski definition) is 1. The third kappa shape index (κ3) is 5.66. The summed E-state index contributed by atoms with van der Waals surface area (Å²) in [5.41, 5.74) is 4.80. The molecule has 1 heteroatoms. The fourth-order valence-electron chi connectivity index (χ4n) is 3.19. The van der Waals surface area contributed by atoms with Crippen LogP contribution in [0.2, 0.25) is 0 Å². The summed E-state index contributed by atoms with van der Waals surface area (Å²) in [6.45, 7) is 15.8. The van der Waals surface area contributed by atoms with Crippen LogP contribution >= 0.6 is 0 Å². The van der Waals surface area contributed by atoms with Gasteiger partial charge in [0.15, 0.2) is 0 Å². The Hall–Kier alpha value is -0.980. The molecule has 0 bridgehead atoms. The largest absolute Gasteiger partial charge is 0.378 e. The lowest BCUT2D eigenvalue weighted by Crippen LogP contribution is -2.19. The Kier molecular flexibility index (Phi) is 8.00. The van der Waals surface area contributed by atoms with Gasteiger partial charge in [-0.15, -0.1) is 0 Å². The van der Waals surface area contributed by atoms with E-state index in [0.29, 0.717) is 6.04 Å². The van der Waals surface area contributed by atoms with E-state index in [1.807, 2.05) is 0 Å². The summed E-state index contributed by atoms with van der Waals surface area (Å²) in [5.74, 6) is 1.45. The highest BCUT2D eigenvalue weighted by atomic mass is 15.1. The molecule has 1 atom stereocenters. The van der Waals surface area contributed by atoms with Crippen LogP contribution in [0.3, 0.4) is 0 Å². The highest BCUT2D eigenvalue weighted by Gasteiger charge is 2.31. The maximum Gasteiger partial charge on any atom is 0.0224 e. The molecule has 0 aromatic heterocycles. The van der Waals surface area contributed by atoms with Crippen molar-refractivity contribution in [3.05, 3.63) is 35.6 Å². The summed E-state index contributed by atoms with van der Waals surface area (Å²) in [5, 5.41) is 0. The van der Waals surface area contributed by atoms with Crippen LogP contribution in [0.25, 0.3) is 0 Å². The molecule has 0 fully saturated rings. The van der Waals surface area contributed by atoms with E-state index >= 15 is 0 Å². The van der Waals surface area contributed by atoms with E-state index in [0.717, 1.165) is 24.7 Å². The second-order valence-corrected chi connectivity index (χ2v) is 7.23. The minimum Gasteiger partial charge on any atom is -0.378 e. The van der Waals surface area contributed by atoms with Gasteiger partial charge in [-0.1, -0.05) is 63.0 Å². The lowest BCUT2D eigenvalue weighted by atomic mass is 9.88. The zero-order chi connectivity index (χ0) is 16.7. The molecular formula is C21H37N. The van der Waals surface area contributed by atoms with Gasteiger partial charge in [-0.05, 0) is 57.6 Å². The Bertz CT molecular complexity index is 408. The fraction of sp³-hybridized carbons (Fsp3) is 0.714. The van der Waals surface area contributed by atoms with E-state index in [9.17, 15) is 0 Å². The second-order valence-electron chi connectivity index (χ2n) is 7.23. The van der Waals surface area contributed by atoms with E-state index in [1.54, 1.807) is 11.1 Å². The summed E-state index contributed by atoms with van der Waals surface area (Å²) >= 11 is 0. The third-order valence-corrected chi connectivity index (χ3v) is 5.14. The minimum absolute atomic E-state index is 0.574. The van der Waals surface area contributed by atoms with Crippen molar-refractivity contribution in [3.8, 4) is 0 Å². The van der Waals surface area contributed by atoms with Crippen LogP contribution in [0.5, 0.6) is 0 Å². The maximum absolute atomic E-state index is 4.41. The minimum atomic E-state index is 0.574. The fourth-order valence-corrected chi connectivity index (χ4v) is 3.19. The summed E-state index contributed by atoms with van der Waals surface area (Å²) in [4.78, 5) is 2.27. The number of allylic oxidation sites excluding steroid dienone is 4. The van der Waals surface area contributed by atoms with Gasteiger partial charge in [-0.2, -0.15) is 0 Å². The third-order valence-electron chi connectivity index (χ3n) is 5.14. The Morgan fingerprint density at radius 2 is 1.77 bits per heavy atom. The van der Waals surface area contributed by atoms with Gasteiger partial charge in [0.1, 0.15) is 0 Å². The molecule has 0 amide bonds. The Morgan fingerprint density at radius 1 is 1.18 bits per heavy atom. The Labute approximate surface area is 139 Å². The standard InChI is InChI=1S/C21H37N/c1-8-11-19(12-9-2)17(5)15-21-18(6)20(21)13-10-14-22(7)16(3)4/h10,14,16,18-19H,5,8-9,11-13,15H2,1-4,6-7H3. The van der Waals surface area contributed by atoms with Crippen LogP contribution < -0.4 is 0 Å². The average Bonchev–Trinajstić information content (AvgIpc) is 3.07. The van der Waals surface area contributed by atoms with Crippen LogP contribution in [0.15, 0.2) is 35.6 Å². The van der Waals surface area contributed by atoms with Gasteiger partial charge < -0.3 is 4.90 Å². The van der Waals surface area contributed by atoms with Gasteiger partial charge in [0, 0.05) is 13.1 Å². The van der Waals surface area contributed by atoms with E-state index in [4.69, 9.17) is 0 Å². The van der Waals surface area contributed by atoms with Crippen molar-refractivity contribution in [2.24, 2.45) is 11.8 Å². The molecular weight excluding hydrogens is 266 g/mol. The van der Waals surface area contributed by atoms with Gasteiger partial charge in [0.2, 0.25) is 0 Å². The molecule has 1 aliphatic rings. The van der Waals surface area contributed by atoms with E-state index in [2.05, 4.69) is 65.4 Å². The monoisotopic (exact) mass is 303 g/mol. The maximum atomic E-state index is 4.41. The molecule has 1 aliphatic carbocycles. The molecule has 0 saturated carbocycles. The lowest BCUT2D eigenvalue weighted by molar-refractivity contribution is 0.375. The molecule has 0 saturated heterocycles. The first-order valence-electron chi connectivity index (χ1n) is 9.20. The molecule has 0 N–H and O–H groups in total. The van der Waals surface area contributed by atoms with Crippen molar-refractivity contribution >= 4 is 0 Å². The number of hydrogen-bond donors (Lipinski definition) is 0. The Morgan fingerprint density at radius 3 is 2.27 bits per heavy atom. The van der Waals surface area contributed by atoms with Crippen LogP contribution in [0.1, 0.15) is 73.1 Å². The van der Waals surface area contributed by atoms with Crippen molar-refractivity contribution in [3.63, 3.8) is 0 Å². The summed E-state index contributed by atoms with van der Waals surface area (Å²) in [6.07, 6.45) is 12.0. The van der Waals surface area contributed by atoms with Crippen molar-refractivity contribution in [1.82, 2.24) is 4.90 Å². The quantitative estimate of drug-likeness (QED) is 0.403. The van der Waals surface area contributed by atoms with Crippen molar-refractivity contribution in [1.29, 1.82) is 0 Å². The van der Waals surface area contributed by atoms with Crippen molar-refractivity contribution in [2.45, 2.75) is 79.2 Å². The van der Waals surface area contributed by atoms with Crippen molar-refractivity contribution < 1.29 is 0 Å². The first-order valence-corrected chi connectivity index (χ1v) is 9.20. The SMILES string of the molecule is C=C(CC1=C(CC=CN(C)C(C)C)C1C)C(CCC)CCC. The molecule has 0 spiro atoms. The summed E-state index contributed by atoms with van der Waals surface area (Å²) in [6, 6.07) is 0.574. The average molecular weight is 304 g/mol. The molecule has 0 aromatic rings. The number of rotatable bonds is 11. The normalized spacial score (nSPS) is 17.9. The zero-order valence-corrected chi connectivity index (χ0v) is 15.8. The topological polar surface area (TPSA) is 3.24 Å². The molecule has 1 nitrogen and oxygen atoms in total. The van der Waals surface area contributed by atoms with Crippen LogP contribution in [-0.4, -0.2) is 18.0 Å². The Balaban J connectivity index is 2.51. The van der Waals surface area contributed by atoms with E-state index in [-0.39, 0.29) is 0 Å². The molecule has 0 heterocycles. The van der Waals surface area contributed by atoms with Gasteiger partial charge in [0.25, 0.3) is 0 Å². The molecule has 1 rings (SSSR count). The van der Waals surface area contributed by atoms with Crippen LogP contribution in [0.4, 0.5) is 0 Å². The first-order chi connectivity index (χ1) is 10.4. The van der Waals surface area contributed by atoms with E-state index in [1.165, 1.54) is 31.3 Å². The zero-order valence-electron chi connectivity index (χ0n) is 15.8. The predicted octanol–water partition coefficient (Wildman–Crippen LogP) is 6.34. The van der Waals surface area contributed by atoms with Gasteiger partial charge in [-0.3, -0.25) is 0 Å².